The van der Waals surface area contributed by atoms with Gasteiger partial charge in [0.2, 0.25) is 0 Å². The molecule has 1 amide bonds. The molecule has 22 heavy (non-hydrogen) atoms. The van der Waals surface area contributed by atoms with Gasteiger partial charge in [-0.2, -0.15) is 0 Å². The number of piperidine rings is 1. The number of pyridine rings is 1. The van der Waals surface area contributed by atoms with Crippen LogP contribution in [0.1, 0.15) is 50.4 Å². The van der Waals surface area contributed by atoms with Crippen molar-refractivity contribution in [2.75, 3.05) is 13.1 Å². The molecule has 0 aliphatic carbocycles. The van der Waals surface area contributed by atoms with Crippen molar-refractivity contribution in [1.82, 2.24) is 9.88 Å². The fraction of sp³-hybridized carbons (Fsp3) is 0.588. The summed E-state index contributed by atoms with van der Waals surface area (Å²) in [6.45, 7) is 6.90. The van der Waals surface area contributed by atoms with Crippen LogP contribution in [0.25, 0.3) is 0 Å². The van der Waals surface area contributed by atoms with E-state index in [9.17, 15) is 9.59 Å². The third-order valence-corrected chi connectivity index (χ3v) is 3.72. The number of carbonyl (C=O) groups excluding carboxylic acids is 2. The van der Waals surface area contributed by atoms with E-state index in [1.54, 1.807) is 29.4 Å². The molecule has 0 aromatic carbocycles. The molecule has 1 aliphatic heterocycles. The first kappa shape index (κ1) is 16.5. The number of hydrogen-bond acceptors (Lipinski definition) is 4. The molecule has 1 saturated heterocycles. The molecule has 1 aromatic heterocycles. The summed E-state index contributed by atoms with van der Waals surface area (Å²) >= 11 is 0. The van der Waals surface area contributed by atoms with E-state index in [4.69, 9.17) is 4.74 Å². The van der Waals surface area contributed by atoms with Crippen LogP contribution in [-0.4, -0.2) is 40.5 Å². The summed E-state index contributed by atoms with van der Waals surface area (Å²) in [5, 5.41) is 0. The summed E-state index contributed by atoms with van der Waals surface area (Å²) in [6.07, 6.45) is 5.21. The molecule has 0 atom stereocenters. The van der Waals surface area contributed by atoms with Gasteiger partial charge in [-0.3, -0.25) is 9.78 Å². The number of amides is 1. The van der Waals surface area contributed by atoms with E-state index in [-0.39, 0.29) is 11.9 Å². The number of rotatable bonds is 3. The van der Waals surface area contributed by atoms with Gasteiger partial charge in [0.25, 0.3) is 0 Å². The topological polar surface area (TPSA) is 59.5 Å². The first-order chi connectivity index (χ1) is 10.3. The second kappa shape index (κ2) is 6.90. The van der Waals surface area contributed by atoms with Gasteiger partial charge in [-0.25, -0.2) is 4.79 Å². The van der Waals surface area contributed by atoms with Gasteiger partial charge in [-0.15, -0.1) is 0 Å². The number of carbonyl (C=O) groups is 2. The van der Waals surface area contributed by atoms with E-state index < -0.39 is 5.60 Å². The summed E-state index contributed by atoms with van der Waals surface area (Å²) in [4.78, 5) is 29.9. The van der Waals surface area contributed by atoms with Gasteiger partial charge in [0.1, 0.15) is 5.60 Å². The Morgan fingerprint density at radius 2 is 2.00 bits per heavy atom. The van der Waals surface area contributed by atoms with E-state index in [0.29, 0.717) is 31.0 Å². The first-order valence-electron chi connectivity index (χ1n) is 7.76. The Morgan fingerprint density at radius 1 is 1.32 bits per heavy atom. The molecule has 0 spiro atoms. The first-order valence-corrected chi connectivity index (χ1v) is 7.76. The van der Waals surface area contributed by atoms with Crippen LogP contribution >= 0.6 is 0 Å². The summed E-state index contributed by atoms with van der Waals surface area (Å²) in [7, 11) is 0. The maximum Gasteiger partial charge on any atom is 0.410 e. The van der Waals surface area contributed by atoms with Crippen LogP contribution in [0.4, 0.5) is 4.79 Å². The molecule has 1 aromatic rings. The van der Waals surface area contributed by atoms with Crippen molar-refractivity contribution in [3.8, 4) is 0 Å². The van der Waals surface area contributed by atoms with E-state index >= 15 is 0 Å². The van der Waals surface area contributed by atoms with Gasteiger partial charge in [0, 0.05) is 37.5 Å². The Kier molecular flexibility index (Phi) is 5.16. The maximum atomic E-state index is 12.2. The van der Waals surface area contributed by atoms with Crippen LogP contribution in [0, 0.1) is 5.92 Å². The van der Waals surface area contributed by atoms with E-state index in [0.717, 1.165) is 12.8 Å². The Balaban J connectivity index is 1.80. The minimum atomic E-state index is -0.468. The van der Waals surface area contributed by atoms with Gasteiger partial charge in [0.15, 0.2) is 5.78 Å². The molecule has 2 heterocycles. The number of ketones is 1. The normalized spacial score (nSPS) is 16.4. The molecule has 0 saturated carbocycles. The van der Waals surface area contributed by atoms with Crippen LogP contribution < -0.4 is 0 Å². The Bertz CT molecular complexity index is 514. The maximum absolute atomic E-state index is 12.2. The summed E-state index contributed by atoms with van der Waals surface area (Å²) in [5.41, 5.74) is 0.196. The molecular formula is C17H24N2O3. The van der Waals surface area contributed by atoms with Crippen molar-refractivity contribution in [3.63, 3.8) is 0 Å². The zero-order valence-corrected chi connectivity index (χ0v) is 13.5. The number of hydrogen-bond donors (Lipinski definition) is 0. The predicted octanol–water partition coefficient (Wildman–Crippen LogP) is 3.30. The fourth-order valence-electron chi connectivity index (χ4n) is 2.55. The largest absolute Gasteiger partial charge is 0.444 e. The van der Waals surface area contributed by atoms with Crippen LogP contribution in [0.2, 0.25) is 0 Å². The molecule has 5 heteroatoms. The molecule has 1 fully saturated rings. The van der Waals surface area contributed by atoms with Crippen molar-refractivity contribution in [2.45, 2.75) is 45.6 Å². The Morgan fingerprint density at radius 3 is 2.55 bits per heavy atom. The van der Waals surface area contributed by atoms with Gasteiger partial charge in [-0.1, -0.05) is 0 Å². The fourth-order valence-corrected chi connectivity index (χ4v) is 2.55. The monoisotopic (exact) mass is 304 g/mol. The third kappa shape index (κ3) is 4.83. The van der Waals surface area contributed by atoms with Gasteiger partial charge < -0.3 is 9.64 Å². The number of aromatic nitrogens is 1. The van der Waals surface area contributed by atoms with Crippen molar-refractivity contribution in [3.05, 3.63) is 30.1 Å². The summed E-state index contributed by atoms with van der Waals surface area (Å²) in [5.74, 6) is 0.454. The summed E-state index contributed by atoms with van der Waals surface area (Å²) in [6, 6.07) is 3.57. The molecule has 0 radical (unpaired) electrons. The minimum Gasteiger partial charge on any atom is -0.444 e. The molecule has 0 unspecified atom stereocenters. The SMILES string of the molecule is CC(C)(C)OC(=O)N1CCC(CC(=O)c2cccnc2)CC1. The molecular weight excluding hydrogens is 280 g/mol. The standard InChI is InChI=1S/C17H24N2O3/c1-17(2,3)22-16(21)19-9-6-13(7-10-19)11-15(20)14-5-4-8-18-12-14/h4-5,8,12-13H,6-7,9-11H2,1-3H3. The molecule has 0 bridgehead atoms. The highest BCUT2D eigenvalue weighted by atomic mass is 16.6. The zero-order chi connectivity index (χ0) is 16.2. The van der Waals surface area contributed by atoms with Crippen LogP contribution in [0.3, 0.4) is 0 Å². The average molecular weight is 304 g/mol. The number of nitrogens with zero attached hydrogens (tertiary/aromatic N) is 2. The third-order valence-electron chi connectivity index (χ3n) is 3.72. The van der Waals surface area contributed by atoms with Gasteiger partial charge >= 0.3 is 6.09 Å². The highest BCUT2D eigenvalue weighted by molar-refractivity contribution is 5.95. The molecule has 0 N–H and O–H groups in total. The van der Waals surface area contributed by atoms with E-state index in [1.807, 2.05) is 20.8 Å². The summed E-state index contributed by atoms with van der Waals surface area (Å²) < 4.78 is 5.37. The van der Waals surface area contributed by atoms with E-state index in [1.165, 1.54) is 0 Å². The lowest BCUT2D eigenvalue weighted by Crippen LogP contribution is -2.42. The lowest BCUT2D eigenvalue weighted by molar-refractivity contribution is 0.0183. The predicted molar refractivity (Wildman–Crippen MR) is 83.7 cm³/mol. The number of ether oxygens (including phenoxy) is 1. The van der Waals surface area contributed by atoms with E-state index in [2.05, 4.69) is 4.98 Å². The van der Waals surface area contributed by atoms with Gasteiger partial charge in [-0.05, 0) is 51.7 Å². The van der Waals surface area contributed by atoms with Crippen molar-refractivity contribution in [2.24, 2.45) is 5.92 Å². The second-order valence-corrected chi connectivity index (χ2v) is 6.78. The van der Waals surface area contributed by atoms with Gasteiger partial charge in [0.05, 0.1) is 0 Å². The molecule has 5 nitrogen and oxygen atoms in total. The average Bonchev–Trinajstić information content (AvgIpc) is 2.47. The zero-order valence-electron chi connectivity index (χ0n) is 13.5. The molecule has 120 valence electrons. The highest BCUT2D eigenvalue weighted by Crippen LogP contribution is 2.23. The highest BCUT2D eigenvalue weighted by Gasteiger charge is 2.27. The lowest BCUT2D eigenvalue weighted by atomic mass is 9.90. The minimum absolute atomic E-state index is 0.129. The number of likely N-dealkylation sites (tertiary alicyclic amines) is 1. The molecule has 2 rings (SSSR count). The van der Waals surface area contributed by atoms with Crippen molar-refractivity contribution < 1.29 is 14.3 Å². The van der Waals surface area contributed by atoms with Crippen molar-refractivity contribution >= 4 is 11.9 Å². The van der Waals surface area contributed by atoms with Crippen LogP contribution in [0.15, 0.2) is 24.5 Å². The lowest BCUT2D eigenvalue weighted by Gasteiger charge is -2.33. The Hall–Kier alpha value is -1.91. The van der Waals surface area contributed by atoms with Crippen molar-refractivity contribution in [1.29, 1.82) is 0 Å². The second-order valence-electron chi connectivity index (χ2n) is 6.78. The van der Waals surface area contributed by atoms with Crippen LogP contribution in [0.5, 0.6) is 0 Å². The smallest absolute Gasteiger partial charge is 0.410 e. The van der Waals surface area contributed by atoms with Crippen LogP contribution in [-0.2, 0) is 4.74 Å². The quantitative estimate of drug-likeness (QED) is 0.804. The molecule has 1 aliphatic rings. The Labute approximate surface area is 131 Å². The number of Topliss-reactive ketones (excluding diaryl/α,β-unsaturated/α-hetero) is 1.